The number of hydrogen-bond donors (Lipinski definition) is 0. The fraction of sp³-hybridized carbons (Fsp3) is 0.129. The van der Waals surface area contributed by atoms with Crippen LogP contribution in [0.1, 0.15) is 11.1 Å². The Balaban J connectivity index is 1.75. The smallest absolute Gasteiger partial charge is 0.205 e. The summed E-state index contributed by atoms with van der Waals surface area (Å²) in [6.45, 7) is 2.55. The number of rotatable bonds is 8. The van der Waals surface area contributed by atoms with Gasteiger partial charge in [0.15, 0.2) is 0 Å². The Hall–Kier alpha value is -4.16. The fourth-order valence-electron chi connectivity index (χ4n) is 4.25. The van der Waals surface area contributed by atoms with Crippen LogP contribution in [0.2, 0.25) is 0 Å². The van der Waals surface area contributed by atoms with Crippen LogP contribution in [0.15, 0.2) is 113 Å². The molecule has 0 aliphatic heterocycles. The standard InChI is InChI=1S/C31H28N2O3S/c1-22-9-19-28(20-10-22)37(34)31-32-29(24-11-15-26(35-2)16-12-24)30(25-13-17-27(36-3)18-14-25)33(31)21-23-7-5-4-6-8-23/h4-20H,21H2,1-3H3. The van der Waals surface area contributed by atoms with Gasteiger partial charge in [-0.25, -0.2) is 9.19 Å². The highest BCUT2D eigenvalue weighted by Gasteiger charge is 2.25. The normalized spacial score (nSPS) is 11.8. The molecule has 1 heterocycles. The van der Waals surface area contributed by atoms with Crippen molar-refractivity contribution in [2.75, 3.05) is 14.2 Å². The lowest BCUT2D eigenvalue weighted by Gasteiger charge is -2.14. The van der Waals surface area contributed by atoms with Crippen molar-refractivity contribution >= 4 is 10.8 Å². The van der Waals surface area contributed by atoms with E-state index in [9.17, 15) is 4.21 Å². The van der Waals surface area contributed by atoms with Crippen molar-refractivity contribution < 1.29 is 13.7 Å². The van der Waals surface area contributed by atoms with Crippen LogP contribution in [-0.2, 0) is 17.3 Å². The molecule has 6 heteroatoms. The molecule has 0 aliphatic carbocycles. The highest BCUT2D eigenvalue weighted by molar-refractivity contribution is 7.85. The highest BCUT2D eigenvalue weighted by Crippen LogP contribution is 2.37. The lowest BCUT2D eigenvalue weighted by atomic mass is 10.0. The molecule has 0 saturated carbocycles. The first-order valence-electron chi connectivity index (χ1n) is 12.0. The van der Waals surface area contributed by atoms with Crippen LogP contribution in [-0.4, -0.2) is 28.0 Å². The molecule has 1 unspecified atom stereocenters. The maximum atomic E-state index is 14.0. The summed E-state index contributed by atoms with van der Waals surface area (Å²) in [5.74, 6) is 1.54. The molecule has 5 aromatic rings. The molecule has 5 rings (SSSR count). The van der Waals surface area contributed by atoms with Gasteiger partial charge >= 0.3 is 0 Å². The third-order valence-corrected chi connectivity index (χ3v) is 7.59. The molecule has 186 valence electrons. The van der Waals surface area contributed by atoms with Crippen LogP contribution in [0.3, 0.4) is 0 Å². The summed E-state index contributed by atoms with van der Waals surface area (Å²) in [6, 6.07) is 33.7. The van der Waals surface area contributed by atoms with Gasteiger partial charge in [0.25, 0.3) is 0 Å². The molecule has 37 heavy (non-hydrogen) atoms. The zero-order valence-corrected chi connectivity index (χ0v) is 21.9. The van der Waals surface area contributed by atoms with Crippen LogP contribution in [0, 0.1) is 6.92 Å². The van der Waals surface area contributed by atoms with Crippen molar-refractivity contribution in [2.45, 2.75) is 23.5 Å². The molecule has 0 N–H and O–H groups in total. The molecule has 0 spiro atoms. The number of aryl methyl sites for hydroxylation is 1. The van der Waals surface area contributed by atoms with E-state index in [-0.39, 0.29) is 0 Å². The monoisotopic (exact) mass is 508 g/mol. The minimum absolute atomic E-state index is 0.504. The molecule has 1 aromatic heterocycles. The van der Waals surface area contributed by atoms with Gasteiger partial charge in [0, 0.05) is 16.0 Å². The van der Waals surface area contributed by atoms with Gasteiger partial charge in [0.05, 0.1) is 32.2 Å². The molecule has 5 nitrogen and oxygen atoms in total. The van der Waals surface area contributed by atoms with Crippen molar-refractivity contribution in [1.82, 2.24) is 9.55 Å². The third-order valence-electron chi connectivity index (χ3n) is 6.24. The van der Waals surface area contributed by atoms with Gasteiger partial charge in [0.1, 0.15) is 22.3 Å². The molecule has 0 bridgehead atoms. The highest BCUT2D eigenvalue weighted by atomic mass is 32.2. The van der Waals surface area contributed by atoms with Gasteiger partial charge in [-0.2, -0.15) is 0 Å². The first-order valence-corrected chi connectivity index (χ1v) is 13.1. The Bertz CT molecular complexity index is 1510. The summed E-state index contributed by atoms with van der Waals surface area (Å²) in [5, 5.41) is 0.504. The molecule has 1 atom stereocenters. The summed E-state index contributed by atoms with van der Waals surface area (Å²) in [6.07, 6.45) is 0. The van der Waals surface area contributed by atoms with E-state index in [1.54, 1.807) is 14.2 Å². The van der Waals surface area contributed by atoms with Crippen molar-refractivity contribution in [3.05, 3.63) is 114 Å². The minimum atomic E-state index is -1.49. The number of methoxy groups -OCH3 is 2. The number of ether oxygens (including phenoxy) is 2. The Kier molecular flexibility index (Phi) is 7.19. The third kappa shape index (κ3) is 5.20. The Morgan fingerprint density at radius 3 is 1.86 bits per heavy atom. The Morgan fingerprint density at radius 1 is 0.730 bits per heavy atom. The molecule has 0 saturated heterocycles. The molecule has 0 radical (unpaired) electrons. The number of benzene rings is 4. The maximum Gasteiger partial charge on any atom is 0.205 e. The minimum Gasteiger partial charge on any atom is -0.497 e. The van der Waals surface area contributed by atoms with E-state index in [2.05, 4.69) is 16.7 Å². The van der Waals surface area contributed by atoms with E-state index in [1.807, 2.05) is 97.9 Å². The fourth-order valence-corrected chi connectivity index (χ4v) is 5.37. The van der Waals surface area contributed by atoms with E-state index in [4.69, 9.17) is 14.5 Å². The zero-order valence-electron chi connectivity index (χ0n) is 21.0. The number of imidazole rings is 1. The van der Waals surface area contributed by atoms with Gasteiger partial charge in [0.2, 0.25) is 5.16 Å². The van der Waals surface area contributed by atoms with Crippen molar-refractivity contribution in [3.63, 3.8) is 0 Å². The SMILES string of the molecule is COc1ccc(-c2nc(S(=O)c3ccc(C)cc3)n(Cc3ccccc3)c2-c2ccc(OC)cc2)cc1. The van der Waals surface area contributed by atoms with Crippen molar-refractivity contribution in [1.29, 1.82) is 0 Å². The average molecular weight is 509 g/mol. The summed E-state index contributed by atoms with van der Waals surface area (Å²) in [5.41, 5.74) is 5.75. The second kappa shape index (κ2) is 10.8. The predicted octanol–water partition coefficient (Wildman–Crippen LogP) is 6.76. The molecular formula is C31H28N2O3S. The Labute approximate surface area is 219 Å². The second-order valence-corrected chi connectivity index (χ2v) is 10.1. The molecule has 4 aromatic carbocycles. The lowest BCUT2D eigenvalue weighted by molar-refractivity contribution is 0.414. The van der Waals surface area contributed by atoms with Crippen LogP contribution in [0.4, 0.5) is 0 Å². The average Bonchev–Trinajstić information content (AvgIpc) is 3.32. The van der Waals surface area contributed by atoms with Crippen LogP contribution in [0.25, 0.3) is 22.5 Å². The second-order valence-electron chi connectivity index (χ2n) is 8.70. The maximum absolute atomic E-state index is 14.0. The number of hydrogen-bond acceptors (Lipinski definition) is 4. The van der Waals surface area contributed by atoms with E-state index < -0.39 is 10.8 Å². The first-order chi connectivity index (χ1) is 18.1. The molecule has 0 aliphatic rings. The topological polar surface area (TPSA) is 53.3 Å². The largest absolute Gasteiger partial charge is 0.497 e. The summed E-state index contributed by atoms with van der Waals surface area (Å²) < 4.78 is 26.8. The Morgan fingerprint density at radius 2 is 1.30 bits per heavy atom. The number of aromatic nitrogens is 2. The van der Waals surface area contributed by atoms with Crippen LogP contribution < -0.4 is 9.47 Å². The first kappa shape index (κ1) is 24.5. The van der Waals surface area contributed by atoms with Crippen molar-refractivity contribution in [3.8, 4) is 34.0 Å². The van der Waals surface area contributed by atoms with Gasteiger partial charge in [-0.1, -0.05) is 48.0 Å². The van der Waals surface area contributed by atoms with Gasteiger partial charge in [-0.3, -0.25) is 0 Å². The quantitative estimate of drug-likeness (QED) is 0.232. The summed E-state index contributed by atoms with van der Waals surface area (Å²) in [7, 11) is 1.81. The number of nitrogens with zero attached hydrogens (tertiary/aromatic N) is 2. The van der Waals surface area contributed by atoms with Crippen LogP contribution >= 0.6 is 0 Å². The van der Waals surface area contributed by atoms with Gasteiger partial charge in [-0.05, 0) is 73.2 Å². The molecular weight excluding hydrogens is 480 g/mol. The summed E-state index contributed by atoms with van der Waals surface area (Å²) >= 11 is 0. The summed E-state index contributed by atoms with van der Waals surface area (Å²) in [4.78, 5) is 5.76. The lowest BCUT2D eigenvalue weighted by Crippen LogP contribution is -2.09. The van der Waals surface area contributed by atoms with Gasteiger partial charge in [-0.15, -0.1) is 0 Å². The molecule has 0 amide bonds. The zero-order chi connectivity index (χ0) is 25.8. The van der Waals surface area contributed by atoms with Crippen LogP contribution in [0.5, 0.6) is 11.5 Å². The predicted molar refractivity (Wildman–Crippen MR) is 148 cm³/mol. The van der Waals surface area contributed by atoms with E-state index in [0.29, 0.717) is 16.6 Å². The van der Waals surface area contributed by atoms with Crippen molar-refractivity contribution in [2.24, 2.45) is 0 Å². The van der Waals surface area contributed by atoms with E-state index in [0.717, 1.165) is 45.1 Å². The van der Waals surface area contributed by atoms with E-state index in [1.165, 1.54) is 0 Å². The van der Waals surface area contributed by atoms with Gasteiger partial charge < -0.3 is 14.0 Å². The van der Waals surface area contributed by atoms with E-state index >= 15 is 0 Å². The molecule has 0 fully saturated rings.